The van der Waals surface area contributed by atoms with E-state index in [1.165, 1.54) is 0 Å². The molecule has 0 aliphatic carbocycles. The summed E-state index contributed by atoms with van der Waals surface area (Å²) in [5.41, 5.74) is 1.95. The molecule has 2 heterocycles. The van der Waals surface area contributed by atoms with E-state index in [0.29, 0.717) is 23.5 Å². The van der Waals surface area contributed by atoms with Crippen LogP contribution in [0, 0.1) is 0 Å². The molecule has 1 aromatic rings. The summed E-state index contributed by atoms with van der Waals surface area (Å²) in [4.78, 5) is 36.4. The zero-order valence-electron chi connectivity index (χ0n) is 11.3. The van der Waals surface area contributed by atoms with E-state index in [9.17, 15) is 14.4 Å². The number of hydrogen-bond acceptors (Lipinski definition) is 5. The second kappa shape index (κ2) is 5.73. The maximum absolute atomic E-state index is 11.5. The summed E-state index contributed by atoms with van der Waals surface area (Å²) in [6, 6.07) is 7.77. The maximum Gasteiger partial charge on any atom is 0.290 e. The number of carbonyl (C=O) groups excluding carboxylic acids is 3. The summed E-state index contributed by atoms with van der Waals surface area (Å²) in [7, 11) is 0. The first-order valence-corrected chi connectivity index (χ1v) is 7.55. The smallest absolute Gasteiger partial charge is 0.290 e. The number of rotatable bonds is 2. The topological polar surface area (TPSA) is 66.5 Å². The third kappa shape index (κ3) is 3.16. The minimum Gasteiger partial charge on any atom is -0.371 e. The van der Waals surface area contributed by atoms with Gasteiger partial charge >= 0.3 is 0 Å². The number of benzene rings is 1. The van der Waals surface area contributed by atoms with Gasteiger partial charge in [-0.1, -0.05) is 12.1 Å². The lowest BCUT2D eigenvalue weighted by atomic mass is 10.1. The van der Waals surface area contributed by atoms with E-state index in [2.05, 4.69) is 10.2 Å². The molecule has 0 saturated carbocycles. The number of hydrogen-bond donors (Lipinski definition) is 1. The maximum atomic E-state index is 11.5. The molecule has 2 fully saturated rings. The molecule has 2 saturated heterocycles. The van der Waals surface area contributed by atoms with Crippen LogP contribution in [0.3, 0.4) is 0 Å². The van der Waals surface area contributed by atoms with Crippen LogP contribution in [0.4, 0.5) is 10.5 Å². The van der Waals surface area contributed by atoms with Crippen LogP contribution in [0.5, 0.6) is 0 Å². The predicted molar refractivity (Wildman–Crippen MR) is 82.0 cm³/mol. The Morgan fingerprint density at radius 1 is 1.05 bits per heavy atom. The van der Waals surface area contributed by atoms with Crippen LogP contribution in [0.1, 0.15) is 18.4 Å². The van der Waals surface area contributed by atoms with Crippen molar-refractivity contribution in [2.45, 2.75) is 12.8 Å². The predicted octanol–water partition coefficient (Wildman–Crippen LogP) is 2.18. The number of nitrogens with one attached hydrogen (secondary N) is 1. The molecular weight excluding hydrogens is 288 g/mol. The molecule has 0 unspecified atom stereocenters. The van der Waals surface area contributed by atoms with Gasteiger partial charge in [0.05, 0.1) is 4.91 Å². The number of carbonyl (C=O) groups is 3. The van der Waals surface area contributed by atoms with Crippen LogP contribution in [0.15, 0.2) is 29.2 Å². The van der Waals surface area contributed by atoms with Gasteiger partial charge in [0.15, 0.2) is 0 Å². The number of thioether (sulfide) groups is 1. The summed E-state index contributed by atoms with van der Waals surface area (Å²) < 4.78 is 0. The van der Waals surface area contributed by atoms with Gasteiger partial charge in [-0.15, -0.1) is 0 Å². The van der Waals surface area contributed by atoms with Crippen molar-refractivity contribution in [2.24, 2.45) is 0 Å². The second-order valence-corrected chi connectivity index (χ2v) is 5.98. The van der Waals surface area contributed by atoms with E-state index in [-0.39, 0.29) is 11.1 Å². The van der Waals surface area contributed by atoms with E-state index >= 15 is 0 Å². The molecule has 108 valence electrons. The van der Waals surface area contributed by atoms with Crippen molar-refractivity contribution in [1.82, 2.24) is 5.32 Å². The minimum atomic E-state index is -0.344. The van der Waals surface area contributed by atoms with Gasteiger partial charge in [-0.2, -0.15) is 0 Å². The molecule has 2 aliphatic rings. The zero-order valence-corrected chi connectivity index (χ0v) is 12.1. The Morgan fingerprint density at radius 3 is 2.29 bits per heavy atom. The lowest BCUT2D eigenvalue weighted by molar-refractivity contribution is -0.119. The Labute approximate surface area is 126 Å². The fourth-order valence-corrected chi connectivity index (χ4v) is 3.05. The quantitative estimate of drug-likeness (QED) is 0.848. The van der Waals surface area contributed by atoms with Crippen molar-refractivity contribution >= 4 is 40.5 Å². The Hall–Kier alpha value is -2.08. The third-order valence-electron chi connectivity index (χ3n) is 3.52. The number of anilines is 1. The molecule has 0 radical (unpaired) electrons. The lowest BCUT2D eigenvalue weighted by Gasteiger charge is -2.28. The third-order valence-corrected chi connectivity index (χ3v) is 4.33. The highest BCUT2D eigenvalue weighted by molar-refractivity contribution is 8.18. The first-order chi connectivity index (χ1) is 10.1. The molecule has 0 aromatic heterocycles. The summed E-state index contributed by atoms with van der Waals surface area (Å²) >= 11 is 0.915. The Bertz CT molecular complexity index is 627. The Balaban J connectivity index is 1.72. The Kier molecular flexibility index (Phi) is 3.79. The van der Waals surface area contributed by atoms with Crippen molar-refractivity contribution in [3.8, 4) is 0 Å². The standard InChI is InChI=1S/C15H14N2O3S/c18-12-5-7-17(8-6-12)11-3-1-10(2-4-11)9-13-14(19)16-15(20)21-13/h1-4,9H,5-8H2,(H,16,19,20)/b13-9-. The van der Waals surface area contributed by atoms with Gasteiger partial charge in [0.25, 0.3) is 11.1 Å². The summed E-state index contributed by atoms with van der Waals surface area (Å²) in [6.45, 7) is 1.51. The molecule has 1 aromatic carbocycles. The molecule has 0 atom stereocenters. The van der Waals surface area contributed by atoms with Gasteiger partial charge in [-0.25, -0.2) is 0 Å². The van der Waals surface area contributed by atoms with Crippen molar-refractivity contribution < 1.29 is 14.4 Å². The van der Waals surface area contributed by atoms with Crippen molar-refractivity contribution in [2.75, 3.05) is 18.0 Å². The summed E-state index contributed by atoms with van der Waals surface area (Å²) in [5, 5.41) is 1.90. The van der Waals surface area contributed by atoms with Crippen LogP contribution < -0.4 is 10.2 Å². The molecular formula is C15H14N2O3S. The highest BCUT2D eigenvalue weighted by atomic mass is 32.2. The number of nitrogens with zero attached hydrogens (tertiary/aromatic N) is 1. The van der Waals surface area contributed by atoms with E-state index in [0.717, 1.165) is 36.1 Å². The van der Waals surface area contributed by atoms with E-state index < -0.39 is 0 Å². The molecule has 5 nitrogen and oxygen atoms in total. The fraction of sp³-hybridized carbons (Fsp3) is 0.267. The highest BCUT2D eigenvalue weighted by Gasteiger charge is 2.24. The van der Waals surface area contributed by atoms with Gasteiger partial charge < -0.3 is 4.90 Å². The number of amides is 2. The summed E-state index contributed by atoms with van der Waals surface area (Å²) in [6.07, 6.45) is 2.91. The largest absolute Gasteiger partial charge is 0.371 e. The van der Waals surface area contributed by atoms with E-state index in [1.54, 1.807) is 6.08 Å². The normalized spacial score (nSPS) is 21.0. The molecule has 0 spiro atoms. The van der Waals surface area contributed by atoms with Crippen molar-refractivity contribution in [1.29, 1.82) is 0 Å². The lowest BCUT2D eigenvalue weighted by Crippen LogP contribution is -2.33. The van der Waals surface area contributed by atoms with Crippen LogP contribution in [-0.4, -0.2) is 30.0 Å². The number of Topliss-reactive ketones (excluding diaryl/α,β-unsaturated/α-hetero) is 1. The Morgan fingerprint density at radius 2 is 1.71 bits per heavy atom. The fourth-order valence-electron chi connectivity index (χ4n) is 2.37. The van der Waals surface area contributed by atoms with Crippen LogP contribution in [0.2, 0.25) is 0 Å². The molecule has 1 N–H and O–H groups in total. The SMILES string of the molecule is O=C1CCN(c2ccc(/C=C3\SC(=O)NC3=O)cc2)CC1. The second-order valence-electron chi connectivity index (χ2n) is 4.97. The highest BCUT2D eigenvalue weighted by Crippen LogP contribution is 2.26. The van der Waals surface area contributed by atoms with Crippen LogP contribution in [-0.2, 0) is 9.59 Å². The zero-order chi connectivity index (χ0) is 14.8. The van der Waals surface area contributed by atoms with Gasteiger partial charge in [-0.05, 0) is 35.5 Å². The van der Waals surface area contributed by atoms with Gasteiger partial charge in [0, 0.05) is 31.6 Å². The first-order valence-electron chi connectivity index (χ1n) is 6.73. The molecule has 21 heavy (non-hydrogen) atoms. The van der Waals surface area contributed by atoms with Crippen LogP contribution >= 0.6 is 11.8 Å². The average molecular weight is 302 g/mol. The van der Waals surface area contributed by atoms with Gasteiger partial charge in [-0.3, -0.25) is 19.7 Å². The molecule has 0 bridgehead atoms. The molecule has 3 rings (SSSR count). The molecule has 6 heteroatoms. The number of imide groups is 1. The van der Waals surface area contributed by atoms with Gasteiger partial charge in [0.2, 0.25) is 0 Å². The van der Waals surface area contributed by atoms with Crippen molar-refractivity contribution in [3.63, 3.8) is 0 Å². The van der Waals surface area contributed by atoms with E-state index in [4.69, 9.17) is 0 Å². The van der Waals surface area contributed by atoms with Crippen LogP contribution in [0.25, 0.3) is 6.08 Å². The monoisotopic (exact) mass is 302 g/mol. The summed E-state index contributed by atoms with van der Waals surface area (Å²) in [5.74, 6) is -0.0230. The first kappa shape index (κ1) is 13.9. The molecule has 2 aliphatic heterocycles. The van der Waals surface area contributed by atoms with E-state index in [1.807, 2.05) is 24.3 Å². The van der Waals surface area contributed by atoms with Crippen molar-refractivity contribution in [3.05, 3.63) is 34.7 Å². The average Bonchev–Trinajstić information content (AvgIpc) is 2.79. The number of ketones is 1. The number of piperidine rings is 1. The minimum absolute atomic E-state index is 0.321. The van der Waals surface area contributed by atoms with Gasteiger partial charge in [0.1, 0.15) is 5.78 Å². The molecule has 2 amide bonds.